The minimum atomic E-state index is -1.31. The molecule has 0 bridgehead atoms. The summed E-state index contributed by atoms with van der Waals surface area (Å²) in [6, 6.07) is 11.7. The standard InChI is InChI=1S/C14H28N2Si2/c1-17(2,11-9-15)13-5-7-14(8-6-13)18(3,4)12-10-16/h5-8H,9-12,15-16H2,1-4H3. The molecule has 102 valence electrons. The van der Waals surface area contributed by atoms with Gasteiger partial charge < -0.3 is 11.5 Å². The summed E-state index contributed by atoms with van der Waals surface area (Å²) in [6.07, 6.45) is 0. The Labute approximate surface area is 114 Å². The molecular formula is C14H28N2Si2. The van der Waals surface area contributed by atoms with Crippen LogP contribution < -0.4 is 21.8 Å². The molecule has 0 saturated heterocycles. The van der Waals surface area contributed by atoms with Crippen molar-refractivity contribution in [3.05, 3.63) is 24.3 Å². The molecule has 0 aliphatic rings. The van der Waals surface area contributed by atoms with Crippen LogP contribution in [0.2, 0.25) is 38.3 Å². The Bertz CT molecular complexity index is 335. The van der Waals surface area contributed by atoms with Gasteiger partial charge in [0.2, 0.25) is 0 Å². The van der Waals surface area contributed by atoms with Crippen molar-refractivity contribution in [3.8, 4) is 0 Å². The lowest BCUT2D eigenvalue weighted by molar-refractivity contribution is 1.10. The highest BCUT2D eigenvalue weighted by Gasteiger charge is 2.25. The van der Waals surface area contributed by atoms with Gasteiger partial charge in [-0.15, -0.1) is 0 Å². The van der Waals surface area contributed by atoms with E-state index < -0.39 is 16.1 Å². The first kappa shape index (κ1) is 15.6. The van der Waals surface area contributed by atoms with Gasteiger partial charge in [-0.25, -0.2) is 0 Å². The fourth-order valence-electron chi connectivity index (χ4n) is 2.38. The zero-order chi connectivity index (χ0) is 13.8. The Hall–Kier alpha value is -0.426. The monoisotopic (exact) mass is 280 g/mol. The van der Waals surface area contributed by atoms with Gasteiger partial charge in [-0.1, -0.05) is 60.8 Å². The van der Waals surface area contributed by atoms with Crippen LogP contribution in [0.5, 0.6) is 0 Å². The largest absolute Gasteiger partial charge is 0.331 e. The number of hydrogen-bond acceptors (Lipinski definition) is 2. The van der Waals surface area contributed by atoms with Gasteiger partial charge in [0.25, 0.3) is 0 Å². The topological polar surface area (TPSA) is 52.0 Å². The molecule has 0 aliphatic carbocycles. The molecule has 0 fully saturated rings. The first-order valence-electron chi connectivity index (χ1n) is 6.84. The second kappa shape index (κ2) is 6.15. The van der Waals surface area contributed by atoms with Gasteiger partial charge in [-0.2, -0.15) is 0 Å². The molecule has 0 saturated carbocycles. The van der Waals surface area contributed by atoms with Crippen LogP contribution in [0.3, 0.4) is 0 Å². The molecule has 1 aromatic carbocycles. The molecule has 0 aliphatic heterocycles. The quantitative estimate of drug-likeness (QED) is 0.775. The van der Waals surface area contributed by atoms with E-state index in [0.717, 1.165) is 25.2 Å². The summed E-state index contributed by atoms with van der Waals surface area (Å²) >= 11 is 0. The summed E-state index contributed by atoms with van der Waals surface area (Å²) < 4.78 is 0. The molecule has 2 nitrogen and oxygen atoms in total. The van der Waals surface area contributed by atoms with E-state index in [9.17, 15) is 0 Å². The normalized spacial score (nSPS) is 12.8. The molecule has 0 spiro atoms. The molecule has 0 atom stereocenters. The minimum absolute atomic E-state index is 0.800. The van der Waals surface area contributed by atoms with E-state index in [4.69, 9.17) is 11.5 Å². The van der Waals surface area contributed by atoms with Gasteiger partial charge in [0.05, 0.1) is 16.1 Å². The van der Waals surface area contributed by atoms with E-state index in [1.165, 1.54) is 10.4 Å². The van der Waals surface area contributed by atoms with Crippen LogP contribution in [0.25, 0.3) is 0 Å². The average Bonchev–Trinajstić information content (AvgIpc) is 2.29. The molecule has 0 radical (unpaired) electrons. The van der Waals surface area contributed by atoms with Crippen molar-refractivity contribution in [1.82, 2.24) is 0 Å². The summed E-state index contributed by atoms with van der Waals surface area (Å²) in [5, 5.41) is 3.04. The fraction of sp³-hybridized carbons (Fsp3) is 0.571. The summed E-state index contributed by atoms with van der Waals surface area (Å²) in [5.74, 6) is 0. The van der Waals surface area contributed by atoms with Crippen LogP contribution in [-0.2, 0) is 0 Å². The Kier molecular flexibility index (Phi) is 5.34. The third-order valence-corrected chi connectivity index (χ3v) is 10.9. The first-order chi connectivity index (χ1) is 8.33. The van der Waals surface area contributed by atoms with Gasteiger partial charge in [0, 0.05) is 0 Å². The highest BCUT2D eigenvalue weighted by atomic mass is 28.3. The zero-order valence-corrected chi connectivity index (χ0v) is 14.3. The Morgan fingerprint density at radius 2 is 1.00 bits per heavy atom. The van der Waals surface area contributed by atoms with Crippen LogP contribution in [-0.4, -0.2) is 29.2 Å². The molecule has 4 N–H and O–H groups in total. The van der Waals surface area contributed by atoms with Gasteiger partial charge in [-0.05, 0) is 25.2 Å². The molecule has 1 rings (SSSR count). The zero-order valence-electron chi connectivity index (χ0n) is 12.3. The predicted octanol–water partition coefficient (Wildman–Crippen LogP) is 1.43. The molecule has 4 heteroatoms. The second-order valence-corrected chi connectivity index (χ2v) is 16.1. The van der Waals surface area contributed by atoms with E-state index in [2.05, 4.69) is 50.5 Å². The van der Waals surface area contributed by atoms with E-state index in [1.807, 2.05) is 0 Å². The number of nitrogens with two attached hydrogens (primary N) is 2. The van der Waals surface area contributed by atoms with Gasteiger partial charge >= 0.3 is 0 Å². The van der Waals surface area contributed by atoms with Crippen molar-refractivity contribution in [2.24, 2.45) is 11.5 Å². The molecule has 0 heterocycles. The van der Waals surface area contributed by atoms with Crippen molar-refractivity contribution in [2.45, 2.75) is 38.3 Å². The molecular weight excluding hydrogens is 252 g/mol. The lowest BCUT2D eigenvalue weighted by Gasteiger charge is -2.26. The molecule has 0 amide bonds. The molecule has 0 unspecified atom stereocenters. The fourth-order valence-corrected chi connectivity index (χ4v) is 6.54. The maximum Gasteiger partial charge on any atom is 0.0818 e. The van der Waals surface area contributed by atoms with Gasteiger partial charge in [0.1, 0.15) is 0 Å². The molecule has 18 heavy (non-hydrogen) atoms. The van der Waals surface area contributed by atoms with Crippen molar-refractivity contribution in [3.63, 3.8) is 0 Å². The van der Waals surface area contributed by atoms with Crippen LogP contribution in [0.4, 0.5) is 0 Å². The van der Waals surface area contributed by atoms with Crippen LogP contribution in [0, 0.1) is 0 Å². The second-order valence-electron chi connectivity index (χ2n) is 6.42. The van der Waals surface area contributed by atoms with E-state index >= 15 is 0 Å². The lowest BCUT2D eigenvalue weighted by Crippen LogP contribution is -2.46. The third-order valence-electron chi connectivity index (χ3n) is 3.99. The average molecular weight is 281 g/mol. The smallest absolute Gasteiger partial charge is 0.0818 e. The van der Waals surface area contributed by atoms with E-state index in [1.54, 1.807) is 0 Å². The Morgan fingerprint density at radius 3 is 1.22 bits per heavy atom. The van der Waals surface area contributed by atoms with E-state index in [-0.39, 0.29) is 0 Å². The molecule has 1 aromatic rings. The summed E-state index contributed by atoms with van der Waals surface area (Å²) in [7, 11) is -2.63. The lowest BCUT2D eigenvalue weighted by atomic mass is 10.4. The summed E-state index contributed by atoms with van der Waals surface area (Å²) in [6.45, 7) is 11.2. The number of rotatable bonds is 6. The number of benzene rings is 1. The predicted molar refractivity (Wildman–Crippen MR) is 88.4 cm³/mol. The van der Waals surface area contributed by atoms with Crippen LogP contribution >= 0.6 is 0 Å². The van der Waals surface area contributed by atoms with Crippen LogP contribution in [0.15, 0.2) is 24.3 Å². The summed E-state index contributed by atoms with van der Waals surface area (Å²) in [5.41, 5.74) is 11.4. The van der Waals surface area contributed by atoms with E-state index in [0.29, 0.717) is 0 Å². The molecule has 0 aromatic heterocycles. The van der Waals surface area contributed by atoms with Crippen molar-refractivity contribution < 1.29 is 0 Å². The first-order valence-corrected chi connectivity index (χ1v) is 13.3. The highest BCUT2D eigenvalue weighted by molar-refractivity contribution is 6.91. The third kappa shape index (κ3) is 3.78. The van der Waals surface area contributed by atoms with Gasteiger partial charge in [-0.3, -0.25) is 0 Å². The Balaban J connectivity index is 2.92. The highest BCUT2D eigenvalue weighted by Crippen LogP contribution is 2.11. The van der Waals surface area contributed by atoms with Gasteiger partial charge in [0.15, 0.2) is 0 Å². The number of hydrogen-bond donors (Lipinski definition) is 2. The van der Waals surface area contributed by atoms with Crippen molar-refractivity contribution >= 4 is 26.5 Å². The van der Waals surface area contributed by atoms with Crippen LogP contribution in [0.1, 0.15) is 0 Å². The van der Waals surface area contributed by atoms with Crippen molar-refractivity contribution in [1.29, 1.82) is 0 Å². The van der Waals surface area contributed by atoms with Crippen molar-refractivity contribution in [2.75, 3.05) is 13.1 Å². The SMILES string of the molecule is C[Si](C)(CCN)c1ccc([Si](C)(C)CCN)cc1. The Morgan fingerprint density at radius 1 is 0.722 bits per heavy atom. The summed E-state index contributed by atoms with van der Waals surface area (Å²) in [4.78, 5) is 0. The maximum atomic E-state index is 5.72. The minimum Gasteiger partial charge on any atom is -0.331 e. The maximum absolute atomic E-state index is 5.72.